The van der Waals surface area contributed by atoms with Crippen LogP contribution in [0, 0.1) is 6.92 Å². The van der Waals surface area contributed by atoms with Crippen LogP contribution in [0.3, 0.4) is 0 Å². The van der Waals surface area contributed by atoms with Gasteiger partial charge in [0.1, 0.15) is 16.7 Å². The van der Waals surface area contributed by atoms with Gasteiger partial charge in [-0.1, -0.05) is 54.6 Å². The van der Waals surface area contributed by atoms with Gasteiger partial charge >= 0.3 is 0 Å². The molecule has 0 aliphatic carbocycles. The first-order valence-electron chi connectivity index (χ1n) is 11.7. The molecule has 0 saturated heterocycles. The SMILES string of the molecule is Cc1cccc2c3ccccc3n3c4c5cc6c(cc5ccc4[n+](C)c3c12)oc1ccccc16. The highest BCUT2D eigenvalue weighted by atomic mass is 16.3. The van der Waals surface area contributed by atoms with Gasteiger partial charge in [-0.15, -0.1) is 0 Å². The smallest absolute Gasteiger partial charge is 0.295 e. The number of aryl methyl sites for hydroxylation is 2. The Bertz CT molecular complexity index is 2140. The Morgan fingerprint density at radius 3 is 2.38 bits per heavy atom. The summed E-state index contributed by atoms with van der Waals surface area (Å²) in [7, 11) is 2.19. The highest BCUT2D eigenvalue weighted by Gasteiger charge is 2.26. The van der Waals surface area contributed by atoms with E-state index in [1.807, 2.05) is 12.1 Å². The zero-order valence-corrected chi connectivity index (χ0v) is 19.0. The van der Waals surface area contributed by atoms with Gasteiger partial charge in [0.25, 0.3) is 5.65 Å². The van der Waals surface area contributed by atoms with Crippen LogP contribution in [0.4, 0.5) is 0 Å². The quantitative estimate of drug-likeness (QED) is 0.177. The first-order valence-corrected chi connectivity index (χ1v) is 11.7. The summed E-state index contributed by atoms with van der Waals surface area (Å²) in [5, 5.41) is 8.63. The molecule has 3 heterocycles. The maximum atomic E-state index is 6.20. The second kappa shape index (κ2) is 6.15. The van der Waals surface area contributed by atoms with Crippen molar-refractivity contribution in [3.8, 4) is 0 Å². The van der Waals surface area contributed by atoms with E-state index in [9.17, 15) is 0 Å². The van der Waals surface area contributed by atoms with Gasteiger partial charge < -0.3 is 4.42 Å². The van der Waals surface area contributed by atoms with Crippen molar-refractivity contribution in [1.82, 2.24) is 4.40 Å². The molecule has 8 aromatic rings. The van der Waals surface area contributed by atoms with Gasteiger partial charge in [-0.3, -0.25) is 0 Å². The third-order valence-electron chi connectivity index (χ3n) is 7.51. The minimum absolute atomic E-state index is 0.932. The fourth-order valence-electron chi connectivity index (χ4n) is 5.99. The topological polar surface area (TPSA) is 21.4 Å². The third-order valence-corrected chi connectivity index (χ3v) is 7.51. The van der Waals surface area contributed by atoms with Gasteiger partial charge in [-0.05, 0) is 54.3 Å². The highest BCUT2D eigenvalue weighted by molar-refractivity contribution is 6.18. The summed E-state index contributed by atoms with van der Waals surface area (Å²) in [6, 6.07) is 32.7. The van der Waals surface area contributed by atoms with E-state index in [1.165, 1.54) is 54.7 Å². The van der Waals surface area contributed by atoms with Gasteiger partial charge in [0.2, 0.25) is 0 Å². The molecule has 0 bridgehead atoms. The summed E-state index contributed by atoms with van der Waals surface area (Å²) in [6.07, 6.45) is 0. The summed E-state index contributed by atoms with van der Waals surface area (Å²) in [6.45, 7) is 2.22. The second-order valence-electron chi connectivity index (χ2n) is 9.33. The van der Waals surface area contributed by atoms with Crippen molar-refractivity contribution in [3.05, 3.63) is 96.6 Å². The summed E-state index contributed by atoms with van der Waals surface area (Å²) in [4.78, 5) is 0. The number of hydrogen-bond acceptors (Lipinski definition) is 1. The molecule has 0 atom stereocenters. The monoisotopic (exact) mass is 437 g/mol. The van der Waals surface area contributed by atoms with Crippen LogP contribution >= 0.6 is 0 Å². The average Bonchev–Trinajstić information content (AvgIpc) is 3.38. The first-order chi connectivity index (χ1) is 16.7. The van der Waals surface area contributed by atoms with Crippen LogP contribution in [0.15, 0.2) is 95.4 Å². The molecule has 0 unspecified atom stereocenters. The molecule has 0 N–H and O–H groups in total. The number of aromatic nitrogens is 2. The Hall–Kier alpha value is -4.37. The molecule has 0 saturated carbocycles. The van der Waals surface area contributed by atoms with Crippen molar-refractivity contribution in [3.63, 3.8) is 0 Å². The summed E-state index contributed by atoms with van der Waals surface area (Å²) < 4.78 is 11.0. The summed E-state index contributed by atoms with van der Waals surface area (Å²) in [5.74, 6) is 0. The first kappa shape index (κ1) is 18.1. The molecular formula is C31H21N2O+. The van der Waals surface area contributed by atoms with E-state index in [-0.39, 0.29) is 0 Å². The van der Waals surface area contributed by atoms with E-state index in [1.54, 1.807) is 0 Å². The number of rotatable bonds is 0. The molecular weight excluding hydrogens is 416 g/mol. The lowest BCUT2D eigenvalue weighted by Gasteiger charge is -2.07. The van der Waals surface area contributed by atoms with Gasteiger partial charge in [0, 0.05) is 26.9 Å². The Balaban J connectivity index is 1.72. The van der Waals surface area contributed by atoms with Gasteiger partial charge in [-0.25, -0.2) is 4.57 Å². The van der Waals surface area contributed by atoms with E-state index < -0.39 is 0 Å². The Labute approximate surface area is 195 Å². The number of imidazole rings is 1. The average molecular weight is 438 g/mol. The maximum absolute atomic E-state index is 6.20. The van der Waals surface area contributed by atoms with Gasteiger partial charge in [0.15, 0.2) is 11.0 Å². The molecule has 34 heavy (non-hydrogen) atoms. The predicted octanol–water partition coefficient (Wildman–Crippen LogP) is 7.58. The van der Waals surface area contributed by atoms with Crippen molar-refractivity contribution in [2.45, 2.75) is 6.92 Å². The van der Waals surface area contributed by atoms with E-state index in [0.717, 1.165) is 21.9 Å². The number of para-hydroxylation sites is 2. The zero-order chi connectivity index (χ0) is 22.6. The van der Waals surface area contributed by atoms with Crippen LogP contribution in [0.1, 0.15) is 5.56 Å². The minimum atomic E-state index is 0.932. The van der Waals surface area contributed by atoms with Crippen molar-refractivity contribution >= 4 is 71.1 Å². The van der Waals surface area contributed by atoms with Crippen molar-refractivity contribution < 1.29 is 8.98 Å². The number of hydrogen-bond donors (Lipinski definition) is 0. The van der Waals surface area contributed by atoms with E-state index in [0.29, 0.717) is 0 Å². The third kappa shape index (κ3) is 2.10. The zero-order valence-electron chi connectivity index (χ0n) is 19.0. The summed E-state index contributed by atoms with van der Waals surface area (Å²) in [5.41, 5.74) is 8.08. The predicted molar refractivity (Wildman–Crippen MR) is 141 cm³/mol. The Kier molecular flexibility index (Phi) is 3.27. The van der Waals surface area contributed by atoms with Gasteiger partial charge in [-0.2, -0.15) is 4.40 Å². The lowest BCUT2D eigenvalue weighted by atomic mass is 10.0. The molecule has 3 aromatic heterocycles. The lowest BCUT2D eigenvalue weighted by molar-refractivity contribution is -0.617. The molecule has 160 valence electrons. The molecule has 3 heteroatoms. The molecule has 0 spiro atoms. The van der Waals surface area contributed by atoms with Crippen LogP contribution < -0.4 is 4.57 Å². The Morgan fingerprint density at radius 2 is 1.47 bits per heavy atom. The lowest BCUT2D eigenvalue weighted by Crippen LogP contribution is -2.27. The molecule has 0 aliphatic rings. The normalized spacial score (nSPS) is 12.4. The van der Waals surface area contributed by atoms with Crippen LogP contribution in [0.5, 0.6) is 0 Å². The summed E-state index contributed by atoms with van der Waals surface area (Å²) >= 11 is 0. The van der Waals surface area contributed by atoms with Crippen molar-refractivity contribution in [1.29, 1.82) is 0 Å². The Morgan fingerprint density at radius 1 is 0.676 bits per heavy atom. The molecule has 8 rings (SSSR count). The fourth-order valence-corrected chi connectivity index (χ4v) is 5.99. The molecule has 0 radical (unpaired) electrons. The maximum Gasteiger partial charge on any atom is 0.295 e. The highest BCUT2D eigenvalue weighted by Crippen LogP contribution is 2.38. The van der Waals surface area contributed by atoms with Crippen molar-refractivity contribution in [2.75, 3.05) is 0 Å². The van der Waals surface area contributed by atoms with Gasteiger partial charge in [0.05, 0.1) is 12.4 Å². The van der Waals surface area contributed by atoms with Crippen LogP contribution in [-0.4, -0.2) is 4.40 Å². The largest absolute Gasteiger partial charge is 0.456 e. The number of pyridine rings is 1. The number of fused-ring (bicyclic) bond motifs is 13. The molecule has 3 nitrogen and oxygen atoms in total. The molecule has 5 aromatic carbocycles. The number of benzene rings is 5. The molecule has 0 fully saturated rings. The second-order valence-corrected chi connectivity index (χ2v) is 9.33. The van der Waals surface area contributed by atoms with E-state index in [2.05, 4.69) is 102 Å². The van der Waals surface area contributed by atoms with Crippen molar-refractivity contribution in [2.24, 2.45) is 7.05 Å². The molecule has 0 amide bonds. The van der Waals surface area contributed by atoms with E-state index in [4.69, 9.17) is 4.42 Å². The standard InChI is InChI=1S/C31H21N2O/c1-18-8-7-11-22-20-9-3-5-12-25(20)33-30-23-17-24-21-10-4-6-13-27(21)34-28(24)16-19(23)14-15-26(30)32(2)31(33)29(18)22/h3-17H,1-2H3/q+1. The van der Waals surface area contributed by atoms with Crippen LogP contribution in [0.25, 0.3) is 71.1 Å². The fraction of sp³-hybridized carbons (Fsp3) is 0.0645. The number of nitrogens with zero attached hydrogens (tertiary/aromatic N) is 2. The molecule has 0 aliphatic heterocycles. The van der Waals surface area contributed by atoms with E-state index >= 15 is 0 Å². The minimum Gasteiger partial charge on any atom is -0.456 e. The number of furan rings is 1. The van der Waals surface area contributed by atoms with Crippen LogP contribution in [0.2, 0.25) is 0 Å². The van der Waals surface area contributed by atoms with Crippen LogP contribution in [-0.2, 0) is 7.05 Å².